The highest BCUT2D eigenvalue weighted by Crippen LogP contribution is 2.25. The molecule has 0 saturated heterocycles. The van der Waals surface area contributed by atoms with Gasteiger partial charge in [0.2, 0.25) is 0 Å². The minimum absolute atomic E-state index is 0.00120. The first-order valence-corrected chi connectivity index (χ1v) is 15.6. The Kier molecular flexibility index (Phi) is 14.0. The summed E-state index contributed by atoms with van der Waals surface area (Å²) in [5, 5.41) is -0.484. The van der Waals surface area contributed by atoms with Crippen molar-refractivity contribution in [1.29, 1.82) is 0 Å². The number of hydrogen-bond acceptors (Lipinski definition) is 13. The summed E-state index contributed by atoms with van der Waals surface area (Å²) in [4.78, 5) is 69.3. The van der Waals surface area contributed by atoms with Crippen LogP contribution < -0.4 is 0 Å². The van der Waals surface area contributed by atoms with Crippen molar-refractivity contribution in [3.63, 3.8) is 0 Å². The second kappa shape index (κ2) is 14.9. The summed E-state index contributed by atoms with van der Waals surface area (Å²) in [6.45, 7) is 6.92. The van der Waals surface area contributed by atoms with Gasteiger partial charge in [0.15, 0.2) is 15.9 Å². The summed E-state index contributed by atoms with van der Waals surface area (Å²) < 4.78 is 31.7. The molecule has 12 nitrogen and oxygen atoms in total. The normalized spacial score (nSPS) is 12.0. The van der Waals surface area contributed by atoms with Gasteiger partial charge in [-0.3, -0.25) is 28.8 Å². The highest BCUT2D eigenvalue weighted by atomic mass is 32.1. The summed E-state index contributed by atoms with van der Waals surface area (Å²) in [5.74, 6) is -3.84. The summed E-state index contributed by atoms with van der Waals surface area (Å²) in [6.07, 6.45) is 0.0576. The Morgan fingerprint density at radius 3 is 1.49 bits per heavy atom. The Bertz CT molecular complexity index is 791. The molecule has 198 valence electrons. The average molecular weight is 571 g/mol. The van der Waals surface area contributed by atoms with Crippen LogP contribution in [-0.4, -0.2) is 63.1 Å². The lowest BCUT2D eigenvalue weighted by atomic mass is 10.3. The second-order valence-electron chi connectivity index (χ2n) is 7.43. The van der Waals surface area contributed by atoms with Crippen molar-refractivity contribution in [2.24, 2.45) is 0 Å². The van der Waals surface area contributed by atoms with Crippen molar-refractivity contribution in [2.75, 3.05) is 0 Å². The van der Waals surface area contributed by atoms with E-state index in [1.165, 1.54) is 6.55 Å². The van der Waals surface area contributed by atoms with Crippen molar-refractivity contribution in [1.82, 2.24) is 0 Å². The molecule has 0 bridgehead atoms. The first-order valence-electron chi connectivity index (χ1n) is 10.4. The molecule has 0 aromatic rings. The predicted molar refractivity (Wildman–Crippen MR) is 131 cm³/mol. The molecule has 0 radical (unpaired) electrons. The Labute approximate surface area is 216 Å². The van der Waals surface area contributed by atoms with E-state index >= 15 is 0 Å². The minimum atomic E-state index is -4.05. The van der Waals surface area contributed by atoms with E-state index < -0.39 is 58.1 Å². The average Bonchev–Trinajstić information content (AvgIpc) is 2.61. The smallest absolute Gasteiger partial charge is 0.483 e. The largest absolute Gasteiger partial charge is 0.705 e. The molecule has 0 heterocycles. The second-order valence-corrected chi connectivity index (χ2v) is 13.9. The zero-order valence-corrected chi connectivity index (χ0v) is 24.1. The van der Waals surface area contributed by atoms with Gasteiger partial charge in [0.1, 0.15) is 0 Å². The maximum absolute atomic E-state index is 11.6. The van der Waals surface area contributed by atoms with Gasteiger partial charge in [-0.15, -0.1) is 12.6 Å². The summed E-state index contributed by atoms with van der Waals surface area (Å²) in [6, 6.07) is -0.141. The van der Waals surface area contributed by atoms with Crippen LogP contribution in [0.2, 0.25) is 12.6 Å². The summed E-state index contributed by atoms with van der Waals surface area (Å²) in [5.41, 5.74) is -1.03. The third kappa shape index (κ3) is 14.0. The van der Waals surface area contributed by atoms with Crippen molar-refractivity contribution in [3.05, 3.63) is 0 Å². The Morgan fingerprint density at radius 1 is 0.743 bits per heavy atom. The molecule has 16 heteroatoms. The number of thiocarbonyl (C=S) groups is 1. The zero-order valence-electron chi connectivity index (χ0n) is 20.4. The summed E-state index contributed by atoms with van der Waals surface area (Å²) >= 11 is 8.99. The van der Waals surface area contributed by atoms with Gasteiger partial charge in [-0.25, -0.2) is 0 Å². The molecule has 35 heavy (non-hydrogen) atoms. The van der Waals surface area contributed by atoms with E-state index in [-0.39, 0.29) is 36.8 Å². The fourth-order valence-electron chi connectivity index (χ4n) is 2.95. The van der Waals surface area contributed by atoms with Crippen LogP contribution >= 0.6 is 24.8 Å². The van der Waals surface area contributed by atoms with E-state index in [0.29, 0.717) is 0 Å². The number of thiol groups is 1. The molecule has 1 atom stereocenters. The molecule has 0 saturated carbocycles. The predicted octanol–water partition coefficient (Wildman–Crippen LogP) is 2.08. The molecule has 0 N–H and O–H groups in total. The highest BCUT2D eigenvalue weighted by Gasteiger charge is 2.52. The third-order valence-electron chi connectivity index (χ3n) is 3.93. The van der Waals surface area contributed by atoms with Crippen molar-refractivity contribution < 1.29 is 55.6 Å². The van der Waals surface area contributed by atoms with Gasteiger partial charge in [-0.05, 0) is 25.1 Å². The van der Waals surface area contributed by atoms with Crippen LogP contribution in [0.15, 0.2) is 0 Å². The van der Waals surface area contributed by atoms with Crippen molar-refractivity contribution >= 4 is 82.2 Å². The van der Waals surface area contributed by atoms with Gasteiger partial charge in [-0.1, -0.05) is 0 Å². The number of carbonyl (C=O) groups excluding carboxylic acids is 6. The first kappa shape index (κ1) is 32.7. The molecule has 0 aliphatic rings. The molecule has 0 aromatic carbocycles. The van der Waals surface area contributed by atoms with Crippen molar-refractivity contribution in [3.8, 4) is 0 Å². The maximum Gasteiger partial charge on any atom is 0.705 e. The van der Waals surface area contributed by atoms with Gasteiger partial charge < -0.3 is 26.9 Å². The molecule has 0 aliphatic heterocycles. The molecule has 0 rings (SSSR count). The quantitative estimate of drug-likeness (QED) is 0.184. The van der Waals surface area contributed by atoms with E-state index in [4.69, 9.17) is 39.1 Å². The molecular weight excluding hydrogens is 541 g/mol. The maximum atomic E-state index is 11.6. The Morgan fingerprint density at radius 2 is 1.14 bits per heavy atom. The number of carbonyl (C=O) groups is 6. The Hall–Kier alpha value is -2.31. The van der Waals surface area contributed by atoms with Gasteiger partial charge in [0.25, 0.3) is 29.8 Å². The molecule has 0 amide bonds. The van der Waals surface area contributed by atoms with Crippen LogP contribution in [0, 0.1) is 0 Å². The fourth-order valence-corrected chi connectivity index (χ4v) is 8.25. The molecule has 0 fully saturated rings. The van der Waals surface area contributed by atoms with E-state index in [1.807, 2.05) is 0 Å². The molecule has 0 aliphatic carbocycles. The van der Waals surface area contributed by atoms with E-state index in [0.717, 1.165) is 34.6 Å². The number of rotatable bonds is 14. The zero-order chi connectivity index (χ0) is 27.4. The molecule has 0 spiro atoms. The molecule has 1 unspecified atom stereocenters. The van der Waals surface area contributed by atoms with Gasteiger partial charge in [0.05, 0.1) is 6.04 Å². The first-order chi connectivity index (χ1) is 16.0. The van der Waals surface area contributed by atoms with Crippen LogP contribution in [0.4, 0.5) is 0 Å². The SMILES string of the molecule is CC(=O)O[Si](CCCC(=S)OC(CCC(=O)S)[Si](C)(OC(C)=O)OC(C)=O)(OC(C)=O)OC(C)=O. The lowest BCUT2D eigenvalue weighted by molar-refractivity contribution is -0.148. The number of ether oxygens (including phenoxy) is 1. The van der Waals surface area contributed by atoms with Gasteiger partial charge in [-0.2, -0.15) is 0 Å². The van der Waals surface area contributed by atoms with Crippen LogP contribution in [0.5, 0.6) is 0 Å². The summed E-state index contributed by atoms with van der Waals surface area (Å²) in [7, 11) is -7.72. The van der Waals surface area contributed by atoms with E-state index in [1.54, 1.807) is 0 Å². The highest BCUT2D eigenvalue weighted by molar-refractivity contribution is 7.96. The topological polar surface area (TPSA) is 158 Å². The molecular formula is C19H30O12S2Si2. The lowest BCUT2D eigenvalue weighted by Gasteiger charge is -2.32. The van der Waals surface area contributed by atoms with E-state index in [2.05, 4.69) is 12.6 Å². The standard InChI is InChI=1S/C19H30O12S2Si2/c1-12(20)27-34(6,28-13(2)21)19(10-9-17(25)32)26-18(33)8-7-11-35(29-14(3)22,30-15(4)23)31-16(5)24/h19H,7-11H2,1-6H3,(H,25,32). The fraction of sp³-hybridized carbons (Fsp3) is 0.632. The van der Waals surface area contributed by atoms with Gasteiger partial charge >= 0.3 is 17.4 Å². The lowest BCUT2D eigenvalue weighted by Crippen LogP contribution is -2.54. The van der Waals surface area contributed by atoms with Gasteiger partial charge in [0, 0.05) is 54.0 Å². The Balaban J connectivity index is 5.61. The van der Waals surface area contributed by atoms with Crippen molar-refractivity contribution in [2.45, 2.75) is 78.6 Å². The van der Waals surface area contributed by atoms with Crippen LogP contribution in [0.25, 0.3) is 0 Å². The van der Waals surface area contributed by atoms with E-state index in [9.17, 15) is 28.8 Å². The number of hydrogen-bond donors (Lipinski definition) is 1. The minimum Gasteiger partial charge on any atom is -0.483 e. The van der Waals surface area contributed by atoms with Crippen LogP contribution in [0.3, 0.4) is 0 Å². The van der Waals surface area contributed by atoms with Crippen LogP contribution in [-0.2, 0) is 55.6 Å². The monoisotopic (exact) mass is 570 g/mol. The molecule has 0 aromatic heterocycles. The third-order valence-corrected chi connectivity index (χ3v) is 10.2. The van der Waals surface area contributed by atoms with Crippen LogP contribution in [0.1, 0.15) is 60.3 Å².